The predicted molar refractivity (Wildman–Crippen MR) is 60.3 cm³/mol. The van der Waals surface area contributed by atoms with Crippen molar-refractivity contribution in [1.82, 2.24) is 4.90 Å². The van der Waals surface area contributed by atoms with Crippen LogP contribution in [0.25, 0.3) is 0 Å². The number of carbonyl (C=O) groups excluding carboxylic acids is 1. The SMILES string of the molecule is CC1C=CN(C(=O)OC(C)(C)C)C=C1Cl. The zero-order valence-electron chi connectivity index (χ0n) is 9.45. The molecule has 1 atom stereocenters. The van der Waals surface area contributed by atoms with Gasteiger partial charge in [-0.25, -0.2) is 4.79 Å². The van der Waals surface area contributed by atoms with Gasteiger partial charge in [0.25, 0.3) is 0 Å². The Morgan fingerprint density at radius 2 is 2.13 bits per heavy atom. The summed E-state index contributed by atoms with van der Waals surface area (Å²) in [5.74, 6) is 0.158. The fraction of sp³-hybridized carbons (Fsp3) is 0.545. The van der Waals surface area contributed by atoms with Gasteiger partial charge in [0, 0.05) is 23.4 Å². The molecule has 0 bridgehead atoms. The van der Waals surface area contributed by atoms with Gasteiger partial charge in [0.15, 0.2) is 0 Å². The van der Waals surface area contributed by atoms with Crippen molar-refractivity contribution in [3.8, 4) is 0 Å². The normalized spacial score (nSPS) is 21.3. The Hall–Kier alpha value is -0.960. The number of ether oxygens (including phenoxy) is 1. The molecule has 0 N–H and O–H groups in total. The minimum Gasteiger partial charge on any atom is -0.443 e. The summed E-state index contributed by atoms with van der Waals surface area (Å²) in [5, 5.41) is 0.628. The van der Waals surface area contributed by atoms with Crippen LogP contribution in [0.15, 0.2) is 23.5 Å². The lowest BCUT2D eigenvalue weighted by Crippen LogP contribution is -2.31. The monoisotopic (exact) mass is 229 g/mol. The molecular weight excluding hydrogens is 214 g/mol. The molecule has 15 heavy (non-hydrogen) atoms. The minimum atomic E-state index is -0.492. The van der Waals surface area contributed by atoms with Crippen molar-refractivity contribution >= 4 is 17.7 Å². The summed E-state index contributed by atoms with van der Waals surface area (Å²) in [6.45, 7) is 7.44. The number of halogens is 1. The van der Waals surface area contributed by atoms with Crippen LogP contribution >= 0.6 is 11.6 Å². The maximum Gasteiger partial charge on any atom is 0.418 e. The van der Waals surface area contributed by atoms with Crippen molar-refractivity contribution in [2.75, 3.05) is 0 Å². The Morgan fingerprint density at radius 1 is 1.53 bits per heavy atom. The molecule has 1 aliphatic heterocycles. The lowest BCUT2D eigenvalue weighted by Gasteiger charge is -2.25. The number of amides is 1. The first-order valence-electron chi connectivity index (χ1n) is 4.86. The highest BCUT2D eigenvalue weighted by atomic mass is 35.5. The number of allylic oxidation sites excluding steroid dienone is 2. The summed E-state index contributed by atoms with van der Waals surface area (Å²) in [6.07, 6.45) is 4.70. The van der Waals surface area contributed by atoms with Crippen LogP contribution in [0.2, 0.25) is 0 Å². The van der Waals surface area contributed by atoms with Crippen molar-refractivity contribution < 1.29 is 9.53 Å². The van der Waals surface area contributed by atoms with Gasteiger partial charge in [-0.3, -0.25) is 4.90 Å². The van der Waals surface area contributed by atoms with Crippen LogP contribution < -0.4 is 0 Å². The van der Waals surface area contributed by atoms with E-state index in [0.29, 0.717) is 5.03 Å². The number of rotatable bonds is 0. The van der Waals surface area contributed by atoms with Crippen LogP contribution in [-0.4, -0.2) is 16.6 Å². The Labute approximate surface area is 95.3 Å². The van der Waals surface area contributed by atoms with Gasteiger partial charge in [-0.15, -0.1) is 0 Å². The molecule has 84 valence electrons. The average Bonchev–Trinajstić information content (AvgIpc) is 2.06. The fourth-order valence-corrected chi connectivity index (χ4v) is 1.21. The van der Waals surface area contributed by atoms with Gasteiger partial charge in [-0.2, -0.15) is 0 Å². The van der Waals surface area contributed by atoms with Crippen LogP contribution in [0.4, 0.5) is 4.79 Å². The molecule has 1 rings (SSSR count). The van der Waals surface area contributed by atoms with E-state index in [-0.39, 0.29) is 5.92 Å². The zero-order valence-corrected chi connectivity index (χ0v) is 10.2. The van der Waals surface area contributed by atoms with Crippen molar-refractivity contribution in [2.24, 2.45) is 5.92 Å². The molecule has 0 fully saturated rings. The first-order chi connectivity index (χ1) is 6.79. The summed E-state index contributed by atoms with van der Waals surface area (Å²) in [7, 11) is 0. The standard InChI is InChI=1S/C11H16ClNO2/c1-8-5-6-13(7-9(8)12)10(14)15-11(2,3)4/h5-8H,1-4H3. The predicted octanol–water partition coefficient (Wildman–Crippen LogP) is 3.47. The zero-order chi connectivity index (χ0) is 11.6. The van der Waals surface area contributed by atoms with E-state index in [1.807, 2.05) is 33.8 Å². The van der Waals surface area contributed by atoms with Crippen molar-refractivity contribution in [2.45, 2.75) is 33.3 Å². The molecule has 0 aliphatic carbocycles. The smallest absolute Gasteiger partial charge is 0.418 e. The molecule has 0 saturated heterocycles. The Morgan fingerprint density at radius 3 is 2.60 bits per heavy atom. The van der Waals surface area contributed by atoms with Gasteiger partial charge in [0.2, 0.25) is 0 Å². The lowest BCUT2D eigenvalue weighted by molar-refractivity contribution is 0.0396. The highest BCUT2D eigenvalue weighted by molar-refractivity contribution is 6.30. The Balaban J connectivity index is 2.67. The third kappa shape index (κ3) is 3.59. The van der Waals surface area contributed by atoms with Gasteiger partial charge in [-0.1, -0.05) is 24.6 Å². The molecule has 3 nitrogen and oxygen atoms in total. The molecule has 0 saturated carbocycles. The van der Waals surface area contributed by atoms with Gasteiger partial charge in [0.05, 0.1) is 0 Å². The highest BCUT2D eigenvalue weighted by Crippen LogP contribution is 2.23. The third-order valence-corrected chi connectivity index (χ3v) is 2.28. The number of hydrogen-bond donors (Lipinski definition) is 0. The van der Waals surface area contributed by atoms with Gasteiger partial charge in [0.1, 0.15) is 5.60 Å². The molecule has 1 amide bonds. The van der Waals surface area contributed by atoms with Crippen LogP contribution in [-0.2, 0) is 4.74 Å². The summed E-state index contributed by atoms with van der Waals surface area (Å²) in [4.78, 5) is 13.0. The van der Waals surface area contributed by atoms with E-state index in [4.69, 9.17) is 16.3 Å². The lowest BCUT2D eigenvalue weighted by atomic mass is 10.1. The number of carbonyl (C=O) groups is 1. The maximum atomic E-state index is 11.6. The molecule has 1 heterocycles. The minimum absolute atomic E-state index is 0.158. The third-order valence-electron chi connectivity index (χ3n) is 1.84. The van der Waals surface area contributed by atoms with E-state index in [9.17, 15) is 4.79 Å². The van der Waals surface area contributed by atoms with E-state index in [2.05, 4.69) is 0 Å². The largest absolute Gasteiger partial charge is 0.443 e. The molecule has 0 aromatic heterocycles. The molecule has 0 aromatic carbocycles. The quantitative estimate of drug-likeness (QED) is 0.637. The maximum absolute atomic E-state index is 11.6. The molecule has 0 radical (unpaired) electrons. The van der Waals surface area contributed by atoms with E-state index in [0.717, 1.165) is 0 Å². The van der Waals surface area contributed by atoms with Crippen LogP contribution in [0, 0.1) is 5.92 Å². The molecule has 1 aliphatic rings. The van der Waals surface area contributed by atoms with Crippen LogP contribution in [0.1, 0.15) is 27.7 Å². The fourth-order valence-electron chi connectivity index (χ4n) is 1.04. The van der Waals surface area contributed by atoms with E-state index < -0.39 is 11.7 Å². The van der Waals surface area contributed by atoms with Crippen molar-refractivity contribution in [3.05, 3.63) is 23.5 Å². The first-order valence-corrected chi connectivity index (χ1v) is 5.24. The highest BCUT2D eigenvalue weighted by Gasteiger charge is 2.22. The molecule has 1 unspecified atom stereocenters. The molecule has 0 spiro atoms. The molecular formula is C11H16ClNO2. The summed E-state index contributed by atoms with van der Waals surface area (Å²) >= 11 is 5.94. The van der Waals surface area contributed by atoms with E-state index in [1.165, 1.54) is 4.90 Å². The Bertz CT molecular complexity index is 315. The second-order valence-electron chi connectivity index (χ2n) is 4.53. The average molecular weight is 230 g/mol. The molecule has 0 aromatic rings. The topological polar surface area (TPSA) is 29.5 Å². The number of hydrogen-bond acceptors (Lipinski definition) is 2. The van der Waals surface area contributed by atoms with Gasteiger partial charge < -0.3 is 4.74 Å². The molecule has 4 heteroatoms. The Kier molecular flexibility index (Phi) is 3.45. The second kappa shape index (κ2) is 4.27. The van der Waals surface area contributed by atoms with Crippen molar-refractivity contribution in [3.63, 3.8) is 0 Å². The van der Waals surface area contributed by atoms with E-state index in [1.54, 1.807) is 12.4 Å². The number of nitrogens with zero attached hydrogens (tertiary/aromatic N) is 1. The summed E-state index contributed by atoms with van der Waals surface area (Å²) in [6, 6.07) is 0. The summed E-state index contributed by atoms with van der Waals surface area (Å²) in [5.41, 5.74) is -0.492. The van der Waals surface area contributed by atoms with Gasteiger partial charge >= 0.3 is 6.09 Å². The second-order valence-corrected chi connectivity index (χ2v) is 4.97. The van der Waals surface area contributed by atoms with Crippen LogP contribution in [0.5, 0.6) is 0 Å². The van der Waals surface area contributed by atoms with E-state index >= 15 is 0 Å². The first kappa shape index (κ1) is 12.1. The van der Waals surface area contributed by atoms with Crippen molar-refractivity contribution in [1.29, 1.82) is 0 Å². The summed E-state index contributed by atoms with van der Waals surface area (Å²) < 4.78 is 5.19. The van der Waals surface area contributed by atoms with Gasteiger partial charge in [-0.05, 0) is 20.8 Å². The van der Waals surface area contributed by atoms with Crippen LogP contribution in [0.3, 0.4) is 0 Å².